The number of nitrogens with zero attached hydrogens (tertiary/aromatic N) is 1. The van der Waals surface area contributed by atoms with E-state index in [1.807, 2.05) is 32.0 Å². The molecule has 2 atom stereocenters. The zero-order chi connectivity index (χ0) is 15.3. The van der Waals surface area contributed by atoms with Crippen LogP contribution in [0, 0.1) is 0 Å². The molecule has 1 saturated heterocycles. The topological polar surface area (TPSA) is 58.6 Å². The zero-order valence-electron chi connectivity index (χ0n) is 12.7. The minimum Gasteiger partial charge on any atom is -0.373 e. The summed E-state index contributed by atoms with van der Waals surface area (Å²) >= 11 is 0. The number of benzene rings is 1. The summed E-state index contributed by atoms with van der Waals surface area (Å²) < 4.78 is 34.2. The van der Waals surface area contributed by atoms with E-state index in [1.54, 1.807) is 0 Å². The zero-order valence-corrected chi connectivity index (χ0v) is 13.5. The summed E-state index contributed by atoms with van der Waals surface area (Å²) in [5.41, 5.74) is 1.23. The van der Waals surface area contributed by atoms with Gasteiger partial charge in [0.25, 0.3) is 10.2 Å². The molecular formula is C15H24N2O3S. The Kier molecular flexibility index (Phi) is 5.75. The van der Waals surface area contributed by atoms with Crippen molar-refractivity contribution in [2.75, 3.05) is 19.6 Å². The van der Waals surface area contributed by atoms with Crippen molar-refractivity contribution in [1.82, 2.24) is 9.03 Å². The molecule has 2 unspecified atom stereocenters. The van der Waals surface area contributed by atoms with Crippen molar-refractivity contribution < 1.29 is 13.2 Å². The predicted octanol–water partition coefficient (Wildman–Crippen LogP) is 1.56. The fourth-order valence-corrected chi connectivity index (χ4v) is 3.95. The molecule has 0 amide bonds. The Labute approximate surface area is 127 Å². The summed E-state index contributed by atoms with van der Waals surface area (Å²) in [6.45, 7) is 5.08. The summed E-state index contributed by atoms with van der Waals surface area (Å²) in [5, 5.41) is 0. The average Bonchev–Trinajstić information content (AvgIpc) is 2.44. The van der Waals surface area contributed by atoms with Gasteiger partial charge in [-0.25, -0.2) is 4.72 Å². The minimum atomic E-state index is -3.40. The molecule has 21 heavy (non-hydrogen) atoms. The van der Waals surface area contributed by atoms with Crippen LogP contribution in [0.25, 0.3) is 0 Å². The molecule has 1 fully saturated rings. The molecule has 1 N–H and O–H groups in total. The Bertz CT molecular complexity index is 523. The lowest BCUT2D eigenvalue weighted by molar-refractivity contribution is -0.0443. The Hall–Kier alpha value is -0.950. The van der Waals surface area contributed by atoms with Gasteiger partial charge in [-0.3, -0.25) is 0 Å². The van der Waals surface area contributed by atoms with Gasteiger partial charge in [-0.2, -0.15) is 12.7 Å². The van der Waals surface area contributed by atoms with Gasteiger partial charge in [0.2, 0.25) is 0 Å². The Balaban J connectivity index is 1.78. The molecule has 1 aliphatic heterocycles. The maximum absolute atomic E-state index is 12.2. The summed E-state index contributed by atoms with van der Waals surface area (Å²) in [7, 11) is -3.40. The molecule has 1 aliphatic rings. The van der Waals surface area contributed by atoms with E-state index >= 15 is 0 Å². The van der Waals surface area contributed by atoms with Crippen LogP contribution in [-0.2, 0) is 21.4 Å². The first-order valence-corrected chi connectivity index (χ1v) is 8.85. The molecule has 6 heteroatoms. The van der Waals surface area contributed by atoms with E-state index in [0.29, 0.717) is 19.6 Å². The molecule has 0 radical (unpaired) electrons. The molecule has 0 aromatic heterocycles. The second-order valence-electron chi connectivity index (χ2n) is 5.56. The molecule has 1 aromatic rings. The van der Waals surface area contributed by atoms with Crippen molar-refractivity contribution in [2.45, 2.75) is 38.9 Å². The molecule has 0 saturated carbocycles. The standard InChI is InChI=1S/C15H24N2O3S/c1-13-11-17(12-14(2)20-13)21(18,19)16-10-6-9-15-7-4-3-5-8-15/h3-5,7-8,13-14,16H,6,9-12H2,1-2H3. The van der Waals surface area contributed by atoms with E-state index in [1.165, 1.54) is 9.87 Å². The smallest absolute Gasteiger partial charge is 0.279 e. The normalized spacial score (nSPS) is 24.1. The second kappa shape index (κ2) is 7.35. The Morgan fingerprint density at radius 2 is 1.81 bits per heavy atom. The first-order valence-electron chi connectivity index (χ1n) is 7.41. The van der Waals surface area contributed by atoms with Crippen molar-refractivity contribution in [2.24, 2.45) is 0 Å². The number of nitrogens with one attached hydrogen (secondary N) is 1. The van der Waals surface area contributed by atoms with Gasteiger partial charge >= 0.3 is 0 Å². The number of ether oxygens (including phenoxy) is 1. The third-order valence-corrected chi connectivity index (χ3v) is 5.04. The van der Waals surface area contributed by atoms with Crippen LogP contribution in [0.1, 0.15) is 25.8 Å². The molecule has 1 heterocycles. The van der Waals surface area contributed by atoms with E-state index in [2.05, 4.69) is 16.9 Å². The maximum Gasteiger partial charge on any atom is 0.279 e. The van der Waals surface area contributed by atoms with Crippen LogP contribution < -0.4 is 4.72 Å². The Morgan fingerprint density at radius 1 is 1.19 bits per heavy atom. The third-order valence-electron chi connectivity index (χ3n) is 3.50. The number of morpholine rings is 1. The van der Waals surface area contributed by atoms with Crippen molar-refractivity contribution in [3.05, 3.63) is 35.9 Å². The van der Waals surface area contributed by atoms with E-state index in [0.717, 1.165) is 12.8 Å². The molecule has 2 rings (SSSR count). The van der Waals surface area contributed by atoms with Gasteiger partial charge in [0.05, 0.1) is 12.2 Å². The van der Waals surface area contributed by atoms with Gasteiger partial charge in [-0.15, -0.1) is 0 Å². The molecule has 0 spiro atoms. The molecule has 0 aliphatic carbocycles. The van der Waals surface area contributed by atoms with Crippen molar-refractivity contribution >= 4 is 10.2 Å². The summed E-state index contributed by atoms with van der Waals surface area (Å²) in [4.78, 5) is 0. The predicted molar refractivity (Wildman–Crippen MR) is 83.3 cm³/mol. The monoisotopic (exact) mass is 312 g/mol. The second-order valence-corrected chi connectivity index (χ2v) is 7.32. The lowest BCUT2D eigenvalue weighted by Gasteiger charge is -2.34. The average molecular weight is 312 g/mol. The van der Waals surface area contributed by atoms with Crippen LogP contribution in [0.2, 0.25) is 0 Å². The van der Waals surface area contributed by atoms with E-state index in [4.69, 9.17) is 4.74 Å². The largest absolute Gasteiger partial charge is 0.373 e. The van der Waals surface area contributed by atoms with Gasteiger partial charge in [-0.05, 0) is 32.3 Å². The van der Waals surface area contributed by atoms with E-state index in [-0.39, 0.29) is 12.2 Å². The van der Waals surface area contributed by atoms with Crippen molar-refractivity contribution in [1.29, 1.82) is 0 Å². The first kappa shape index (κ1) is 16.4. The minimum absolute atomic E-state index is 0.0605. The number of rotatable bonds is 6. The summed E-state index contributed by atoms with van der Waals surface area (Å²) in [5.74, 6) is 0. The molecular weight excluding hydrogens is 288 g/mol. The number of hydrogen-bond acceptors (Lipinski definition) is 3. The van der Waals surface area contributed by atoms with E-state index in [9.17, 15) is 8.42 Å². The van der Waals surface area contributed by atoms with Crippen molar-refractivity contribution in [3.63, 3.8) is 0 Å². The highest BCUT2D eigenvalue weighted by atomic mass is 32.2. The van der Waals surface area contributed by atoms with Crippen LogP contribution in [0.3, 0.4) is 0 Å². The van der Waals surface area contributed by atoms with Crippen LogP contribution in [0.4, 0.5) is 0 Å². The highest BCUT2D eigenvalue weighted by Gasteiger charge is 2.30. The first-order chi connectivity index (χ1) is 9.97. The fraction of sp³-hybridized carbons (Fsp3) is 0.600. The van der Waals surface area contributed by atoms with Gasteiger partial charge in [0, 0.05) is 19.6 Å². The SMILES string of the molecule is CC1CN(S(=O)(=O)NCCCc2ccccc2)CC(C)O1. The van der Waals surface area contributed by atoms with Gasteiger partial charge in [-0.1, -0.05) is 30.3 Å². The summed E-state index contributed by atoms with van der Waals surface area (Å²) in [6.07, 6.45) is 1.54. The summed E-state index contributed by atoms with van der Waals surface area (Å²) in [6, 6.07) is 10.1. The fourth-order valence-electron chi connectivity index (χ4n) is 2.56. The van der Waals surface area contributed by atoms with Gasteiger partial charge in [0.1, 0.15) is 0 Å². The van der Waals surface area contributed by atoms with Crippen LogP contribution >= 0.6 is 0 Å². The van der Waals surface area contributed by atoms with Gasteiger partial charge in [0.15, 0.2) is 0 Å². The van der Waals surface area contributed by atoms with Crippen LogP contribution in [0.15, 0.2) is 30.3 Å². The highest BCUT2D eigenvalue weighted by molar-refractivity contribution is 7.87. The molecule has 118 valence electrons. The Morgan fingerprint density at radius 3 is 2.43 bits per heavy atom. The van der Waals surface area contributed by atoms with Gasteiger partial charge < -0.3 is 4.74 Å². The maximum atomic E-state index is 12.2. The van der Waals surface area contributed by atoms with Crippen molar-refractivity contribution in [3.8, 4) is 0 Å². The highest BCUT2D eigenvalue weighted by Crippen LogP contribution is 2.13. The molecule has 0 bridgehead atoms. The molecule has 5 nitrogen and oxygen atoms in total. The van der Waals surface area contributed by atoms with Crippen LogP contribution in [-0.4, -0.2) is 44.6 Å². The lowest BCUT2D eigenvalue weighted by atomic mass is 10.1. The lowest BCUT2D eigenvalue weighted by Crippen LogP contribution is -2.52. The number of hydrogen-bond donors (Lipinski definition) is 1. The quantitative estimate of drug-likeness (QED) is 0.811. The third kappa shape index (κ3) is 5.07. The number of aryl methyl sites for hydroxylation is 1. The van der Waals surface area contributed by atoms with E-state index < -0.39 is 10.2 Å². The van der Waals surface area contributed by atoms with Crippen LogP contribution in [0.5, 0.6) is 0 Å². The molecule has 1 aromatic carbocycles.